The Morgan fingerprint density at radius 2 is 2.03 bits per heavy atom. The molecule has 3 rings (SSSR count). The fourth-order valence-electron chi connectivity index (χ4n) is 3.39. The zero-order valence-electron chi connectivity index (χ0n) is 17.2. The van der Waals surface area contributed by atoms with Crippen LogP contribution in [0.3, 0.4) is 0 Å². The maximum Gasteiger partial charge on any atom is 0.227 e. The lowest BCUT2D eigenvalue weighted by atomic mass is 10.0. The molecule has 0 saturated carbocycles. The topological polar surface area (TPSA) is 58.6 Å². The fraction of sp³-hybridized carbons (Fsp3) is 0.391. The standard InChI is InChI=1S/C23H26ClFN2O3/c1-3-4-11-30-19-8-5-16(6-9-19)15(2)26-23(29)17-12-22(28)27(14-17)18-7-10-21(25)20(24)13-18/h5-10,13,15,17H,3-4,11-12,14H2,1-2H3,(H,26,29)/t15-,17-/m0/s1. The molecule has 1 saturated heterocycles. The van der Waals surface area contributed by atoms with Crippen LogP contribution in [0, 0.1) is 11.7 Å². The van der Waals surface area contributed by atoms with Gasteiger partial charge in [-0.25, -0.2) is 4.39 Å². The number of ether oxygens (including phenoxy) is 1. The Morgan fingerprint density at radius 1 is 1.30 bits per heavy atom. The Bertz CT molecular complexity index is 904. The molecule has 1 aliphatic heterocycles. The Labute approximate surface area is 181 Å². The number of hydrogen-bond donors (Lipinski definition) is 1. The molecule has 1 fully saturated rings. The summed E-state index contributed by atoms with van der Waals surface area (Å²) in [4.78, 5) is 26.6. The molecule has 2 aromatic rings. The molecule has 1 aliphatic rings. The highest BCUT2D eigenvalue weighted by molar-refractivity contribution is 6.31. The number of carbonyl (C=O) groups excluding carboxylic acids is 2. The van der Waals surface area contributed by atoms with Gasteiger partial charge in [-0.15, -0.1) is 0 Å². The van der Waals surface area contributed by atoms with E-state index in [1.54, 1.807) is 0 Å². The van der Waals surface area contributed by atoms with Crippen molar-refractivity contribution in [2.45, 2.75) is 39.2 Å². The van der Waals surface area contributed by atoms with Crippen LogP contribution in [0.4, 0.5) is 10.1 Å². The third-order valence-electron chi connectivity index (χ3n) is 5.22. The van der Waals surface area contributed by atoms with Crippen molar-refractivity contribution in [2.24, 2.45) is 5.92 Å². The minimum Gasteiger partial charge on any atom is -0.494 e. The van der Waals surface area contributed by atoms with Crippen LogP contribution in [0.2, 0.25) is 5.02 Å². The summed E-state index contributed by atoms with van der Waals surface area (Å²) in [6.07, 6.45) is 2.20. The summed E-state index contributed by atoms with van der Waals surface area (Å²) in [6.45, 7) is 4.94. The molecule has 0 radical (unpaired) electrons. The third-order valence-corrected chi connectivity index (χ3v) is 5.51. The Balaban J connectivity index is 1.57. The summed E-state index contributed by atoms with van der Waals surface area (Å²) >= 11 is 5.82. The van der Waals surface area contributed by atoms with Crippen LogP contribution in [-0.2, 0) is 9.59 Å². The first kappa shape index (κ1) is 22.1. The van der Waals surface area contributed by atoms with Gasteiger partial charge in [0.25, 0.3) is 0 Å². The number of rotatable bonds is 8. The molecule has 30 heavy (non-hydrogen) atoms. The molecule has 1 N–H and O–H groups in total. The molecule has 0 unspecified atom stereocenters. The van der Waals surface area contributed by atoms with Gasteiger partial charge >= 0.3 is 0 Å². The highest BCUT2D eigenvalue weighted by Gasteiger charge is 2.35. The average molecular weight is 433 g/mol. The Hall–Kier alpha value is -2.60. The van der Waals surface area contributed by atoms with E-state index in [4.69, 9.17) is 16.3 Å². The van der Waals surface area contributed by atoms with Gasteiger partial charge in [0.05, 0.1) is 23.6 Å². The lowest BCUT2D eigenvalue weighted by molar-refractivity contribution is -0.126. The minimum absolute atomic E-state index is 0.0519. The maximum absolute atomic E-state index is 13.4. The second kappa shape index (κ2) is 9.94. The van der Waals surface area contributed by atoms with Crippen LogP contribution in [-0.4, -0.2) is 25.0 Å². The smallest absolute Gasteiger partial charge is 0.227 e. The zero-order chi connectivity index (χ0) is 21.7. The highest BCUT2D eigenvalue weighted by Crippen LogP contribution is 2.29. The van der Waals surface area contributed by atoms with Crippen molar-refractivity contribution in [1.82, 2.24) is 5.32 Å². The van der Waals surface area contributed by atoms with Crippen LogP contribution in [0.15, 0.2) is 42.5 Å². The van der Waals surface area contributed by atoms with Crippen LogP contribution < -0.4 is 15.0 Å². The fourth-order valence-corrected chi connectivity index (χ4v) is 3.56. The molecule has 0 aliphatic carbocycles. The number of halogens is 2. The SMILES string of the molecule is CCCCOc1ccc([C@H](C)NC(=O)[C@H]2CC(=O)N(c3ccc(F)c(Cl)c3)C2)cc1. The molecule has 0 bridgehead atoms. The van der Waals surface area contributed by atoms with E-state index in [9.17, 15) is 14.0 Å². The summed E-state index contributed by atoms with van der Waals surface area (Å²) in [6, 6.07) is 11.6. The second-order valence-electron chi connectivity index (χ2n) is 7.51. The number of nitrogens with zero attached hydrogens (tertiary/aromatic N) is 1. The number of carbonyl (C=O) groups is 2. The Morgan fingerprint density at radius 3 is 2.70 bits per heavy atom. The van der Waals surface area contributed by atoms with Gasteiger partial charge in [-0.1, -0.05) is 37.1 Å². The lowest BCUT2D eigenvalue weighted by Crippen LogP contribution is -2.34. The molecule has 0 spiro atoms. The summed E-state index contributed by atoms with van der Waals surface area (Å²) in [5, 5.41) is 2.93. The van der Waals surface area contributed by atoms with E-state index in [0.29, 0.717) is 12.3 Å². The number of hydrogen-bond acceptors (Lipinski definition) is 3. The predicted molar refractivity (Wildman–Crippen MR) is 115 cm³/mol. The van der Waals surface area contributed by atoms with Crippen LogP contribution in [0.5, 0.6) is 5.75 Å². The molecular formula is C23H26ClFN2O3. The van der Waals surface area contributed by atoms with Crippen LogP contribution in [0.25, 0.3) is 0 Å². The zero-order valence-corrected chi connectivity index (χ0v) is 17.9. The van der Waals surface area contributed by atoms with Gasteiger partial charge in [0.2, 0.25) is 11.8 Å². The number of amides is 2. The van der Waals surface area contributed by atoms with Crippen molar-refractivity contribution in [1.29, 1.82) is 0 Å². The molecular weight excluding hydrogens is 407 g/mol. The minimum atomic E-state index is -0.544. The quantitative estimate of drug-likeness (QED) is 0.604. The monoisotopic (exact) mass is 432 g/mol. The van der Waals surface area contributed by atoms with Crippen molar-refractivity contribution in [3.63, 3.8) is 0 Å². The predicted octanol–water partition coefficient (Wildman–Crippen LogP) is 4.89. The van der Waals surface area contributed by atoms with E-state index >= 15 is 0 Å². The van der Waals surface area contributed by atoms with Gasteiger partial charge in [0, 0.05) is 18.7 Å². The van der Waals surface area contributed by atoms with Gasteiger partial charge in [0.1, 0.15) is 11.6 Å². The molecule has 2 aromatic carbocycles. The average Bonchev–Trinajstić information content (AvgIpc) is 3.12. The van der Waals surface area contributed by atoms with Gasteiger partial charge in [-0.3, -0.25) is 9.59 Å². The van der Waals surface area contributed by atoms with Crippen molar-refractivity contribution in [2.75, 3.05) is 18.1 Å². The lowest BCUT2D eigenvalue weighted by Gasteiger charge is -2.19. The first-order valence-electron chi connectivity index (χ1n) is 10.2. The largest absolute Gasteiger partial charge is 0.494 e. The molecule has 2 atom stereocenters. The van der Waals surface area contributed by atoms with E-state index in [0.717, 1.165) is 24.2 Å². The molecule has 0 aromatic heterocycles. The first-order chi connectivity index (χ1) is 14.4. The molecule has 5 nitrogen and oxygen atoms in total. The van der Waals surface area contributed by atoms with Crippen molar-refractivity contribution < 1.29 is 18.7 Å². The van der Waals surface area contributed by atoms with E-state index in [2.05, 4.69) is 12.2 Å². The summed E-state index contributed by atoms with van der Waals surface area (Å²) in [5.41, 5.74) is 1.45. The number of anilines is 1. The molecule has 1 heterocycles. The number of unbranched alkanes of at least 4 members (excludes halogenated alkanes) is 1. The van der Waals surface area contributed by atoms with E-state index in [-0.39, 0.29) is 35.8 Å². The summed E-state index contributed by atoms with van der Waals surface area (Å²) < 4.78 is 19.0. The maximum atomic E-state index is 13.4. The summed E-state index contributed by atoms with van der Waals surface area (Å²) in [7, 11) is 0. The second-order valence-corrected chi connectivity index (χ2v) is 7.91. The highest BCUT2D eigenvalue weighted by atomic mass is 35.5. The van der Waals surface area contributed by atoms with Gasteiger partial charge in [0.15, 0.2) is 0 Å². The number of benzene rings is 2. The summed E-state index contributed by atoms with van der Waals surface area (Å²) in [5.74, 6) is -0.577. The molecule has 160 valence electrons. The molecule has 2 amide bonds. The van der Waals surface area contributed by atoms with Crippen LogP contribution in [0.1, 0.15) is 44.7 Å². The van der Waals surface area contributed by atoms with Gasteiger partial charge < -0.3 is 15.0 Å². The first-order valence-corrected chi connectivity index (χ1v) is 10.6. The third kappa shape index (κ3) is 5.30. The van der Waals surface area contributed by atoms with Gasteiger partial charge in [-0.05, 0) is 49.2 Å². The van der Waals surface area contributed by atoms with E-state index in [1.807, 2.05) is 31.2 Å². The Kier molecular flexibility index (Phi) is 7.32. The van der Waals surface area contributed by atoms with Crippen LogP contribution >= 0.6 is 11.6 Å². The molecule has 7 heteroatoms. The van der Waals surface area contributed by atoms with Crippen molar-refractivity contribution >= 4 is 29.1 Å². The van der Waals surface area contributed by atoms with E-state index < -0.39 is 11.7 Å². The van der Waals surface area contributed by atoms with Crippen molar-refractivity contribution in [3.05, 3.63) is 58.9 Å². The number of nitrogens with one attached hydrogen (secondary N) is 1. The van der Waals surface area contributed by atoms with Crippen molar-refractivity contribution in [3.8, 4) is 5.75 Å². The van der Waals surface area contributed by atoms with E-state index in [1.165, 1.54) is 23.1 Å². The normalized spacial score (nSPS) is 17.1. The van der Waals surface area contributed by atoms with Gasteiger partial charge in [-0.2, -0.15) is 0 Å².